The lowest BCUT2D eigenvalue weighted by Crippen LogP contribution is -2.08. The van der Waals surface area contributed by atoms with Gasteiger partial charge in [0.25, 0.3) is 19.3 Å². The smallest absolute Gasteiger partial charge is 0.256 e. The molecule has 0 saturated heterocycles. The molecule has 5 rings (SSSR count). The third-order valence-corrected chi connectivity index (χ3v) is 5.89. The Morgan fingerprint density at radius 1 is 0.938 bits per heavy atom. The fourth-order valence-electron chi connectivity index (χ4n) is 3.45. The van der Waals surface area contributed by atoms with E-state index in [-0.39, 0.29) is 18.1 Å². The van der Waals surface area contributed by atoms with Crippen molar-refractivity contribution in [1.29, 1.82) is 0 Å². The predicted octanol–water partition coefficient (Wildman–Crippen LogP) is 5.25. The number of thiophene rings is 1. The van der Waals surface area contributed by atoms with E-state index in [0.29, 0.717) is 37.7 Å². The molecule has 0 saturated carbocycles. The van der Waals surface area contributed by atoms with E-state index in [1.807, 2.05) is 0 Å². The van der Waals surface area contributed by atoms with Gasteiger partial charge >= 0.3 is 0 Å². The molecule has 5 heterocycles. The van der Waals surface area contributed by atoms with Crippen molar-refractivity contribution in [1.82, 2.24) is 34.3 Å². The van der Waals surface area contributed by atoms with Crippen LogP contribution in [0.3, 0.4) is 0 Å². The fraction of sp³-hybridized carbons (Fsp3) is 0.278. The standard InChI is InChI=1S/C18H11F6N7S/c1-6-2-7(14(19)20)26-18-11(6)12-13(32-18)17-27-10(29-31(17)5-25-12)4-30-9(16(23)24)3-8(28-30)15(21)22/h2-3,5,14-16H,4H2,1H3. The molecule has 14 heteroatoms. The largest absolute Gasteiger partial charge is 0.282 e. The third-order valence-electron chi connectivity index (χ3n) is 4.82. The van der Waals surface area contributed by atoms with Crippen molar-refractivity contribution >= 4 is 37.4 Å². The Labute approximate surface area is 178 Å². The van der Waals surface area contributed by atoms with Gasteiger partial charge < -0.3 is 0 Å². The number of aromatic nitrogens is 7. The average Bonchev–Trinajstić information content (AvgIpc) is 3.41. The van der Waals surface area contributed by atoms with Gasteiger partial charge in [0.05, 0.1) is 5.52 Å². The van der Waals surface area contributed by atoms with Crippen LogP contribution in [0.1, 0.15) is 47.7 Å². The minimum absolute atomic E-state index is 0.0422. The van der Waals surface area contributed by atoms with E-state index in [2.05, 4.69) is 25.1 Å². The second-order valence-corrected chi connectivity index (χ2v) is 7.92. The molecule has 0 bridgehead atoms. The summed E-state index contributed by atoms with van der Waals surface area (Å²) in [5.41, 5.74) is -0.420. The van der Waals surface area contributed by atoms with Gasteiger partial charge in [-0.25, -0.2) is 45.8 Å². The van der Waals surface area contributed by atoms with E-state index >= 15 is 0 Å². The second-order valence-electron chi connectivity index (χ2n) is 6.92. The Kier molecular flexibility index (Phi) is 4.76. The first-order valence-corrected chi connectivity index (χ1v) is 9.90. The molecule has 0 radical (unpaired) electrons. The summed E-state index contributed by atoms with van der Waals surface area (Å²) in [5.74, 6) is 0.0422. The lowest BCUT2D eigenvalue weighted by Gasteiger charge is -2.03. The van der Waals surface area contributed by atoms with Gasteiger partial charge in [-0.05, 0) is 24.6 Å². The van der Waals surface area contributed by atoms with Crippen LogP contribution in [0.5, 0.6) is 0 Å². The third kappa shape index (κ3) is 3.25. The molecule has 0 aliphatic heterocycles. The maximum atomic E-state index is 13.2. The molecule has 0 atom stereocenters. The highest BCUT2D eigenvalue weighted by atomic mass is 32.1. The summed E-state index contributed by atoms with van der Waals surface area (Å²) >= 11 is 1.10. The Bertz CT molecular complexity index is 1470. The zero-order valence-electron chi connectivity index (χ0n) is 16.0. The van der Waals surface area contributed by atoms with Crippen molar-refractivity contribution in [2.45, 2.75) is 32.7 Å². The van der Waals surface area contributed by atoms with Crippen LogP contribution in [-0.4, -0.2) is 34.3 Å². The van der Waals surface area contributed by atoms with Gasteiger partial charge in [-0.2, -0.15) is 5.10 Å². The molecule has 7 nitrogen and oxygen atoms in total. The molecule has 32 heavy (non-hydrogen) atoms. The molecule has 0 aliphatic carbocycles. The molecule has 5 aromatic heterocycles. The number of fused-ring (bicyclic) bond motifs is 5. The van der Waals surface area contributed by atoms with Gasteiger partial charge in [0, 0.05) is 5.39 Å². The number of alkyl halides is 6. The van der Waals surface area contributed by atoms with E-state index in [4.69, 9.17) is 0 Å². The van der Waals surface area contributed by atoms with Gasteiger partial charge in [-0.1, -0.05) is 0 Å². The molecule has 0 spiro atoms. The maximum absolute atomic E-state index is 13.2. The van der Waals surface area contributed by atoms with Gasteiger partial charge in [-0.15, -0.1) is 16.4 Å². The van der Waals surface area contributed by atoms with E-state index in [0.717, 1.165) is 16.0 Å². The molecular formula is C18H11F6N7S. The molecule has 166 valence electrons. The molecular weight excluding hydrogens is 460 g/mol. The van der Waals surface area contributed by atoms with E-state index < -0.39 is 30.7 Å². The van der Waals surface area contributed by atoms with Crippen LogP contribution < -0.4 is 0 Å². The Balaban J connectivity index is 1.63. The van der Waals surface area contributed by atoms with Crippen LogP contribution in [0, 0.1) is 6.92 Å². The number of hydrogen-bond donors (Lipinski definition) is 0. The highest BCUT2D eigenvalue weighted by Gasteiger charge is 2.23. The van der Waals surface area contributed by atoms with Crippen molar-refractivity contribution in [2.24, 2.45) is 0 Å². The maximum Gasteiger partial charge on any atom is 0.282 e. The quantitative estimate of drug-likeness (QED) is 0.327. The Hall–Kier alpha value is -3.29. The van der Waals surface area contributed by atoms with E-state index in [1.54, 1.807) is 6.92 Å². The summed E-state index contributed by atoms with van der Waals surface area (Å²) in [5, 5.41) is 8.31. The van der Waals surface area contributed by atoms with Crippen LogP contribution >= 0.6 is 11.3 Å². The highest BCUT2D eigenvalue weighted by Crippen LogP contribution is 2.36. The number of halogens is 6. The molecule has 0 fully saturated rings. The average molecular weight is 471 g/mol. The minimum Gasteiger partial charge on any atom is -0.256 e. The number of nitrogens with zero attached hydrogens (tertiary/aromatic N) is 7. The summed E-state index contributed by atoms with van der Waals surface area (Å²) in [4.78, 5) is 13.0. The zero-order chi connectivity index (χ0) is 22.7. The first-order valence-electron chi connectivity index (χ1n) is 9.09. The van der Waals surface area contributed by atoms with Gasteiger partial charge in [0.2, 0.25) is 0 Å². The van der Waals surface area contributed by atoms with Gasteiger partial charge in [0.15, 0.2) is 11.5 Å². The normalized spacial score (nSPS) is 12.6. The van der Waals surface area contributed by atoms with Crippen LogP contribution in [0.2, 0.25) is 0 Å². The van der Waals surface area contributed by atoms with E-state index in [1.165, 1.54) is 16.9 Å². The van der Waals surface area contributed by atoms with E-state index in [9.17, 15) is 26.3 Å². The number of pyridine rings is 1. The summed E-state index contributed by atoms with van der Waals surface area (Å²) in [6, 6.07) is 1.94. The topological polar surface area (TPSA) is 73.8 Å². The van der Waals surface area contributed by atoms with Gasteiger partial charge in [-0.3, -0.25) is 4.68 Å². The summed E-state index contributed by atoms with van der Waals surface area (Å²) in [6.45, 7) is 1.31. The second kappa shape index (κ2) is 7.39. The molecule has 0 unspecified atom stereocenters. The van der Waals surface area contributed by atoms with Crippen molar-refractivity contribution in [3.05, 3.63) is 46.9 Å². The van der Waals surface area contributed by atoms with Crippen LogP contribution in [-0.2, 0) is 6.54 Å². The lowest BCUT2D eigenvalue weighted by molar-refractivity contribution is 0.139. The van der Waals surface area contributed by atoms with Crippen LogP contribution in [0.4, 0.5) is 26.3 Å². The molecule has 5 aromatic rings. The van der Waals surface area contributed by atoms with Crippen molar-refractivity contribution in [2.75, 3.05) is 0 Å². The van der Waals surface area contributed by atoms with Crippen LogP contribution in [0.25, 0.3) is 26.1 Å². The fourth-order valence-corrected chi connectivity index (χ4v) is 4.64. The first-order chi connectivity index (χ1) is 15.2. The number of hydrogen-bond acceptors (Lipinski definition) is 6. The molecule has 0 aromatic carbocycles. The Morgan fingerprint density at radius 2 is 1.69 bits per heavy atom. The predicted molar refractivity (Wildman–Crippen MR) is 102 cm³/mol. The van der Waals surface area contributed by atoms with Gasteiger partial charge in [0.1, 0.15) is 39.5 Å². The Morgan fingerprint density at radius 3 is 2.38 bits per heavy atom. The minimum atomic E-state index is -3.01. The number of aryl methyl sites for hydroxylation is 1. The first kappa shape index (κ1) is 20.6. The SMILES string of the molecule is Cc1cc(C(F)F)nc2sc3c(ncn4nc(Cn5nc(C(F)F)cc5C(F)F)nc34)c12. The zero-order valence-corrected chi connectivity index (χ0v) is 16.8. The van der Waals surface area contributed by atoms with Crippen molar-refractivity contribution < 1.29 is 26.3 Å². The molecule has 0 amide bonds. The van der Waals surface area contributed by atoms with Crippen LogP contribution in [0.15, 0.2) is 18.5 Å². The number of rotatable bonds is 5. The highest BCUT2D eigenvalue weighted by molar-refractivity contribution is 7.26. The van der Waals surface area contributed by atoms with Crippen molar-refractivity contribution in [3.8, 4) is 0 Å². The lowest BCUT2D eigenvalue weighted by atomic mass is 10.1. The molecule has 0 N–H and O–H groups in total. The molecule has 0 aliphatic rings. The monoisotopic (exact) mass is 471 g/mol. The van der Waals surface area contributed by atoms with Crippen molar-refractivity contribution in [3.63, 3.8) is 0 Å². The summed E-state index contributed by atoms with van der Waals surface area (Å²) < 4.78 is 81.1. The summed E-state index contributed by atoms with van der Waals surface area (Å²) in [6.07, 6.45) is -7.39. The summed E-state index contributed by atoms with van der Waals surface area (Å²) in [7, 11) is 0.